The molecule has 0 unspecified atom stereocenters. The van der Waals surface area contributed by atoms with Crippen LogP contribution in [0.25, 0.3) is 0 Å². The predicted molar refractivity (Wildman–Crippen MR) is 121 cm³/mol. The Morgan fingerprint density at radius 1 is 1.26 bits per heavy atom. The molecular formula is C25H34FN3O2. The molecule has 0 spiro atoms. The summed E-state index contributed by atoms with van der Waals surface area (Å²) in [6.07, 6.45) is 0.337. The number of nitrogens with one attached hydrogen (secondary N) is 1. The van der Waals surface area contributed by atoms with Gasteiger partial charge in [0, 0.05) is 23.2 Å². The molecule has 1 aliphatic heterocycles. The van der Waals surface area contributed by atoms with Crippen molar-refractivity contribution in [2.75, 3.05) is 26.6 Å². The van der Waals surface area contributed by atoms with Crippen molar-refractivity contribution in [3.8, 4) is 5.75 Å². The number of urea groups is 1. The van der Waals surface area contributed by atoms with Crippen molar-refractivity contribution in [3.63, 3.8) is 0 Å². The monoisotopic (exact) mass is 438 g/mol. The number of hydrogen-bond donors (Lipinski definition) is 1. The quantitative estimate of drug-likeness (QED) is 0.652. The van der Waals surface area contributed by atoms with Crippen LogP contribution in [0.1, 0.15) is 52.9 Å². The van der Waals surface area contributed by atoms with E-state index in [0.29, 0.717) is 0 Å². The smallest absolute Gasteiger partial charge is 0.318 e. The zero-order valence-electron chi connectivity index (χ0n) is 28.6. The van der Waals surface area contributed by atoms with Gasteiger partial charge < -0.3 is 19.9 Å². The van der Waals surface area contributed by atoms with E-state index in [1.165, 1.54) is 29.2 Å². The van der Waals surface area contributed by atoms with Gasteiger partial charge >= 0.3 is 6.03 Å². The zero-order chi connectivity index (χ0) is 31.8. The molecule has 1 N–H and O–H groups in total. The minimum atomic E-state index is -2.46. The second-order valence-electron chi connectivity index (χ2n) is 7.59. The summed E-state index contributed by atoms with van der Waals surface area (Å²) in [4.78, 5) is 16.0. The van der Waals surface area contributed by atoms with Crippen LogP contribution in [0.15, 0.2) is 48.4 Å². The minimum Gasteiger partial charge on any atom is -0.493 e. The first-order valence-corrected chi connectivity index (χ1v) is 10.1. The van der Waals surface area contributed by atoms with E-state index < -0.39 is 74.6 Å². The second kappa shape index (κ2) is 11.1. The Bertz CT molecular complexity index is 1250. The number of amides is 2. The number of benzene rings is 2. The SMILES string of the molecule is [2H]c1c([2H])c(CN(C(=O)NC([2H])([2H])c2ccc(OC([2H])([2H])C(C)C)cc2)C2CCN(C([2H])([2H])[2H])CC2)c([2H])c([2H])c1F. The van der Waals surface area contributed by atoms with Crippen LogP contribution >= 0.6 is 0 Å². The third kappa shape index (κ3) is 7.24. The molecule has 6 heteroatoms. The van der Waals surface area contributed by atoms with Gasteiger partial charge in [-0.05, 0) is 74.2 Å². The molecule has 2 amide bonds. The van der Waals surface area contributed by atoms with Crippen LogP contribution in [0.2, 0.25) is 0 Å². The van der Waals surface area contributed by atoms with Crippen molar-refractivity contribution in [2.45, 2.75) is 45.8 Å². The summed E-state index contributed by atoms with van der Waals surface area (Å²) < 4.78 is 107. The van der Waals surface area contributed by atoms with Gasteiger partial charge in [0.2, 0.25) is 0 Å². The molecule has 0 saturated carbocycles. The molecule has 1 saturated heterocycles. The predicted octanol–water partition coefficient (Wildman–Crippen LogP) is 4.67. The highest BCUT2D eigenvalue weighted by Gasteiger charge is 2.27. The fourth-order valence-electron chi connectivity index (χ4n) is 3.11. The molecule has 31 heavy (non-hydrogen) atoms. The Balaban J connectivity index is 1.89. The van der Waals surface area contributed by atoms with Crippen molar-refractivity contribution < 1.29 is 29.0 Å². The van der Waals surface area contributed by atoms with Gasteiger partial charge in [-0.1, -0.05) is 38.1 Å². The molecule has 0 radical (unpaired) electrons. The van der Waals surface area contributed by atoms with Gasteiger partial charge in [0.15, 0.2) is 0 Å². The third-order valence-corrected chi connectivity index (χ3v) is 4.72. The number of carbonyl (C=O) groups excluding carboxylic acids is 1. The molecule has 168 valence electrons. The van der Waals surface area contributed by atoms with E-state index in [1.807, 2.05) is 0 Å². The summed E-state index contributed by atoms with van der Waals surface area (Å²) in [5, 5.41) is 2.29. The highest BCUT2D eigenvalue weighted by Crippen LogP contribution is 2.19. The molecule has 0 atom stereocenters. The number of rotatable bonds is 8. The minimum absolute atomic E-state index is 0.0107. The molecule has 2 aromatic carbocycles. The van der Waals surface area contributed by atoms with Crippen molar-refractivity contribution in [3.05, 3.63) is 65.4 Å². The van der Waals surface area contributed by atoms with Crippen molar-refractivity contribution >= 4 is 6.03 Å². The van der Waals surface area contributed by atoms with E-state index in [9.17, 15) is 9.18 Å². The molecule has 5 nitrogen and oxygen atoms in total. The summed E-state index contributed by atoms with van der Waals surface area (Å²) >= 11 is 0. The fraction of sp³-hybridized carbons (Fsp3) is 0.480. The average molecular weight is 439 g/mol. The highest BCUT2D eigenvalue weighted by atomic mass is 19.1. The van der Waals surface area contributed by atoms with E-state index in [-0.39, 0.29) is 42.8 Å². The molecule has 1 heterocycles. The molecule has 3 rings (SSSR count). The number of likely N-dealkylation sites (tertiary alicyclic amines) is 1. The summed E-state index contributed by atoms with van der Waals surface area (Å²) in [5.41, 5.74) is -0.252. The average Bonchev–Trinajstić information content (AvgIpc) is 2.90. The molecule has 2 aromatic rings. The highest BCUT2D eigenvalue weighted by molar-refractivity contribution is 5.74. The van der Waals surface area contributed by atoms with Crippen LogP contribution < -0.4 is 10.1 Å². The maximum absolute atomic E-state index is 14.2. The maximum atomic E-state index is 14.2. The molecule has 1 fully saturated rings. The Labute approximate surface area is 200 Å². The van der Waals surface area contributed by atoms with Crippen molar-refractivity contribution in [1.82, 2.24) is 15.1 Å². The van der Waals surface area contributed by atoms with Gasteiger partial charge in [0.1, 0.15) is 11.6 Å². The van der Waals surface area contributed by atoms with Crippen LogP contribution in [-0.2, 0) is 13.0 Å². The standard InChI is InChI=1S/C25H34FN3O2/c1-19(2)18-31-24-10-6-20(7-11-24)16-27-25(30)29(23-12-14-28(3)15-13-23)17-21-4-8-22(26)9-5-21/h4-11,19,23H,12-18H2,1-3H3,(H,27,30)/i3D3,4D,5D,8D,9D,16D2,18D2. The Morgan fingerprint density at radius 3 is 2.55 bits per heavy atom. The largest absolute Gasteiger partial charge is 0.493 e. The van der Waals surface area contributed by atoms with Gasteiger partial charge in [-0.2, -0.15) is 0 Å². The third-order valence-electron chi connectivity index (χ3n) is 4.72. The Kier molecular flexibility index (Phi) is 4.47. The van der Waals surface area contributed by atoms with Gasteiger partial charge in [-0.15, -0.1) is 0 Å². The summed E-state index contributed by atoms with van der Waals surface area (Å²) in [5.74, 6) is -1.63. The van der Waals surface area contributed by atoms with Gasteiger partial charge in [0.25, 0.3) is 0 Å². The van der Waals surface area contributed by atoms with Gasteiger partial charge in [-0.25, -0.2) is 9.18 Å². The summed E-state index contributed by atoms with van der Waals surface area (Å²) in [6.45, 7) is -3.81. The van der Waals surface area contributed by atoms with E-state index in [4.69, 9.17) is 19.8 Å². The van der Waals surface area contributed by atoms with Gasteiger partial charge in [-0.3, -0.25) is 0 Å². The van der Waals surface area contributed by atoms with E-state index in [2.05, 4.69) is 5.32 Å². The topological polar surface area (TPSA) is 44.8 Å². The normalized spacial score (nSPS) is 21.6. The van der Waals surface area contributed by atoms with E-state index in [1.54, 1.807) is 13.8 Å². The number of ether oxygens (including phenoxy) is 1. The van der Waals surface area contributed by atoms with Crippen LogP contribution in [0.5, 0.6) is 5.75 Å². The number of hydrogen-bond acceptors (Lipinski definition) is 3. The lowest BCUT2D eigenvalue weighted by Crippen LogP contribution is -2.49. The lowest BCUT2D eigenvalue weighted by molar-refractivity contribution is 0.127. The molecule has 0 aromatic heterocycles. The Hall–Kier alpha value is -2.60. The maximum Gasteiger partial charge on any atom is 0.318 e. The number of carbonyl (C=O) groups is 1. The summed E-state index contributed by atoms with van der Waals surface area (Å²) in [7, 11) is 0. The van der Waals surface area contributed by atoms with Crippen LogP contribution in [0, 0.1) is 11.7 Å². The zero-order valence-corrected chi connectivity index (χ0v) is 17.6. The first-order valence-electron chi connectivity index (χ1n) is 15.6. The first-order chi connectivity index (χ1) is 19.3. The lowest BCUT2D eigenvalue weighted by atomic mass is 10.0. The van der Waals surface area contributed by atoms with Crippen molar-refractivity contribution in [1.29, 1.82) is 0 Å². The van der Waals surface area contributed by atoms with E-state index >= 15 is 0 Å². The fourth-order valence-corrected chi connectivity index (χ4v) is 3.11. The van der Waals surface area contributed by atoms with Crippen LogP contribution in [-0.4, -0.2) is 48.5 Å². The molecule has 0 bridgehead atoms. The Morgan fingerprint density at radius 2 is 1.94 bits per heavy atom. The first kappa shape index (κ1) is 12.4. The van der Waals surface area contributed by atoms with Gasteiger partial charge in [0.05, 0.1) is 17.5 Å². The second-order valence-corrected chi connectivity index (χ2v) is 7.59. The van der Waals surface area contributed by atoms with Crippen LogP contribution in [0.3, 0.4) is 0 Å². The molecule has 0 aliphatic carbocycles. The number of piperidine rings is 1. The molecular weight excluding hydrogens is 393 g/mol. The van der Waals surface area contributed by atoms with Crippen LogP contribution in [0.4, 0.5) is 9.18 Å². The lowest BCUT2D eigenvalue weighted by Gasteiger charge is -2.37. The number of halogens is 1. The number of nitrogens with zero attached hydrogens (tertiary/aromatic N) is 2. The molecule has 1 aliphatic rings. The summed E-state index contributed by atoms with van der Waals surface area (Å²) in [6, 6.07) is 0.630. The van der Waals surface area contributed by atoms with E-state index in [0.717, 1.165) is 4.90 Å². The van der Waals surface area contributed by atoms with Crippen molar-refractivity contribution in [2.24, 2.45) is 5.92 Å².